The zero-order chi connectivity index (χ0) is 18.2. The first-order valence-corrected chi connectivity index (χ1v) is 8.63. The van der Waals surface area contributed by atoms with Crippen LogP contribution in [0.1, 0.15) is 25.3 Å². The van der Waals surface area contributed by atoms with Crippen LogP contribution in [-0.4, -0.2) is 48.8 Å². The summed E-state index contributed by atoms with van der Waals surface area (Å²) < 4.78 is 0. The number of hydrogen-bond acceptors (Lipinski definition) is 4. The molecular formula is C18H26N4O3. The fraction of sp³-hybridized carbons (Fsp3) is 0.500. The van der Waals surface area contributed by atoms with Crippen molar-refractivity contribution >= 4 is 23.4 Å². The van der Waals surface area contributed by atoms with Gasteiger partial charge in [-0.05, 0) is 43.0 Å². The summed E-state index contributed by atoms with van der Waals surface area (Å²) in [5.74, 6) is -1.08. The van der Waals surface area contributed by atoms with E-state index in [1.807, 2.05) is 0 Å². The molecule has 1 unspecified atom stereocenters. The topological polar surface area (TPSA) is 105 Å². The summed E-state index contributed by atoms with van der Waals surface area (Å²) in [6.45, 7) is 5.53. The monoisotopic (exact) mass is 346 g/mol. The summed E-state index contributed by atoms with van der Waals surface area (Å²) in [6, 6.07) is 6.66. The lowest BCUT2D eigenvalue weighted by Gasteiger charge is -2.30. The van der Waals surface area contributed by atoms with Gasteiger partial charge in [-0.2, -0.15) is 0 Å². The second-order valence-electron chi connectivity index (χ2n) is 6.60. The first-order chi connectivity index (χ1) is 11.9. The van der Waals surface area contributed by atoms with Crippen LogP contribution >= 0.6 is 0 Å². The van der Waals surface area contributed by atoms with Crippen LogP contribution in [0.15, 0.2) is 24.3 Å². The largest absolute Gasteiger partial charge is 0.369 e. The lowest BCUT2D eigenvalue weighted by atomic mass is 10.0. The number of primary amides is 1. The number of nitrogens with zero attached hydrogens (tertiary/aromatic N) is 1. The van der Waals surface area contributed by atoms with Gasteiger partial charge in [0.1, 0.15) is 0 Å². The van der Waals surface area contributed by atoms with Gasteiger partial charge in [-0.25, -0.2) is 0 Å². The Morgan fingerprint density at radius 2 is 1.92 bits per heavy atom. The Hall–Kier alpha value is -2.41. The molecule has 0 aliphatic carbocycles. The maximum atomic E-state index is 11.9. The van der Waals surface area contributed by atoms with Gasteiger partial charge in [0.25, 0.3) is 0 Å². The molecule has 0 radical (unpaired) electrons. The highest BCUT2D eigenvalue weighted by Gasteiger charge is 2.17. The molecule has 0 spiro atoms. The van der Waals surface area contributed by atoms with Gasteiger partial charge >= 0.3 is 11.8 Å². The number of rotatable bonds is 6. The molecule has 1 aromatic carbocycles. The van der Waals surface area contributed by atoms with Gasteiger partial charge < -0.3 is 21.3 Å². The van der Waals surface area contributed by atoms with Gasteiger partial charge in [0.15, 0.2) is 0 Å². The van der Waals surface area contributed by atoms with Crippen molar-refractivity contribution in [2.75, 3.05) is 31.5 Å². The molecule has 1 aliphatic heterocycles. The SMILES string of the molecule is CC1CCCN(CCNC(=O)C(=O)Nc2ccc(CC(N)=O)cc2)C1. The zero-order valence-electron chi connectivity index (χ0n) is 14.6. The molecule has 1 saturated heterocycles. The van der Waals surface area contributed by atoms with Crippen LogP contribution in [0.2, 0.25) is 0 Å². The van der Waals surface area contributed by atoms with Crippen molar-refractivity contribution in [3.63, 3.8) is 0 Å². The van der Waals surface area contributed by atoms with Crippen molar-refractivity contribution in [2.24, 2.45) is 11.7 Å². The summed E-state index contributed by atoms with van der Waals surface area (Å²) in [6.07, 6.45) is 2.58. The standard InChI is InChI=1S/C18H26N4O3/c1-13-3-2-9-22(12-13)10-8-20-17(24)18(25)21-15-6-4-14(5-7-15)11-16(19)23/h4-7,13H,2-3,8-12H2,1H3,(H2,19,23)(H,20,24)(H,21,25). The maximum Gasteiger partial charge on any atom is 0.313 e. The second-order valence-corrected chi connectivity index (χ2v) is 6.60. The van der Waals surface area contributed by atoms with Gasteiger partial charge in [-0.15, -0.1) is 0 Å². The Bertz CT molecular complexity index is 615. The second kappa shape index (κ2) is 9.17. The number of likely N-dealkylation sites (tertiary alicyclic amines) is 1. The molecule has 2 rings (SSSR count). The number of nitrogens with two attached hydrogens (primary N) is 1. The van der Waals surface area contributed by atoms with Gasteiger partial charge in [0.05, 0.1) is 6.42 Å². The lowest BCUT2D eigenvalue weighted by Crippen LogP contribution is -2.42. The molecule has 1 fully saturated rings. The van der Waals surface area contributed by atoms with E-state index in [0.29, 0.717) is 18.2 Å². The summed E-state index contributed by atoms with van der Waals surface area (Å²) in [5, 5.41) is 5.19. The molecular weight excluding hydrogens is 320 g/mol. The van der Waals surface area contributed by atoms with Gasteiger partial charge in [-0.1, -0.05) is 19.1 Å². The smallest absolute Gasteiger partial charge is 0.313 e. The Balaban J connectivity index is 1.72. The number of anilines is 1. The molecule has 1 aliphatic rings. The molecule has 0 saturated carbocycles. The Morgan fingerprint density at radius 3 is 2.56 bits per heavy atom. The molecule has 0 bridgehead atoms. The van der Waals surface area contributed by atoms with Crippen molar-refractivity contribution in [3.8, 4) is 0 Å². The van der Waals surface area contributed by atoms with E-state index < -0.39 is 17.7 Å². The molecule has 7 nitrogen and oxygen atoms in total. The van der Waals surface area contributed by atoms with Crippen LogP contribution in [0.3, 0.4) is 0 Å². The first-order valence-electron chi connectivity index (χ1n) is 8.63. The van der Waals surface area contributed by atoms with E-state index in [1.165, 1.54) is 12.8 Å². The minimum Gasteiger partial charge on any atom is -0.369 e. The number of hydrogen-bond donors (Lipinski definition) is 3. The lowest BCUT2D eigenvalue weighted by molar-refractivity contribution is -0.136. The van der Waals surface area contributed by atoms with Crippen LogP contribution in [0.5, 0.6) is 0 Å². The van der Waals surface area contributed by atoms with Crippen molar-refractivity contribution < 1.29 is 14.4 Å². The van der Waals surface area contributed by atoms with E-state index in [-0.39, 0.29) is 6.42 Å². The van der Waals surface area contributed by atoms with E-state index in [0.717, 1.165) is 25.2 Å². The summed E-state index contributed by atoms with van der Waals surface area (Å²) in [5.41, 5.74) is 6.38. The summed E-state index contributed by atoms with van der Waals surface area (Å²) >= 11 is 0. The zero-order valence-corrected chi connectivity index (χ0v) is 14.6. The van der Waals surface area contributed by atoms with Crippen molar-refractivity contribution in [3.05, 3.63) is 29.8 Å². The van der Waals surface area contributed by atoms with Crippen LogP contribution in [-0.2, 0) is 20.8 Å². The van der Waals surface area contributed by atoms with Gasteiger partial charge in [0, 0.05) is 25.3 Å². The van der Waals surface area contributed by atoms with Crippen molar-refractivity contribution in [2.45, 2.75) is 26.2 Å². The highest BCUT2D eigenvalue weighted by molar-refractivity contribution is 6.39. The van der Waals surface area contributed by atoms with Crippen LogP contribution in [0.25, 0.3) is 0 Å². The summed E-state index contributed by atoms with van der Waals surface area (Å²) in [7, 11) is 0. The number of nitrogens with one attached hydrogen (secondary N) is 2. The molecule has 25 heavy (non-hydrogen) atoms. The Kier molecular flexibility index (Phi) is 6.94. The number of piperidine rings is 1. The summed E-state index contributed by atoms with van der Waals surface area (Å²) in [4.78, 5) is 36.9. The van der Waals surface area contributed by atoms with Crippen LogP contribution in [0.4, 0.5) is 5.69 Å². The fourth-order valence-electron chi connectivity index (χ4n) is 2.99. The predicted octanol–water partition coefficient (Wildman–Crippen LogP) is 0.501. The first kappa shape index (κ1) is 18.9. The average molecular weight is 346 g/mol. The minimum absolute atomic E-state index is 0.143. The maximum absolute atomic E-state index is 11.9. The van der Waals surface area contributed by atoms with Crippen LogP contribution < -0.4 is 16.4 Å². The predicted molar refractivity (Wildman–Crippen MR) is 95.8 cm³/mol. The van der Waals surface area contributed by atoms with Crippen molar-refractivity contribution in [1.82, 2.24) is 10.2 Å². The van der Waals surface area contributed by atoms with Crippen molar-refractivity contribution in [1.29, 1.82) is 0 Å². The highest BCUT2D eigenvalue weighted by atomic mass is 16.2. The van der Waals surface area contributed by atoms with E-state index in [4.69, 9.17) is 5.73 Å². The third kappa shape index (κ3) is 6.54. The van der Waals surface area contributed by atoms with E-state index in [9.17, 15) is 14.4 Å². The highest BCUT2D eigenvalue weighted by Crippen LogP contribution is 2.14. The average Bonchev–Trinajstić information content (AvgIpc) is 2.56. The molecule has 3 amide bonds. The number of amides is 3. The molecule has 1 heterocycles. The number of carbonyl (C=O) groups is 3. The number of benzene rings is 1. The van der Waals surface area contributed by atoms with Gasteiger partial charge in [0.2, 0.25) is 5.91 Å². The molecule has 7 heteroatoms. The quantitative estimate of drug-likeness (QED) is 0.652. The molecule has 136 valence electrons. The van der Waals surface area contributed by atoms with Crippen LogP contribution in [0, 0.1) is 5.92 Å². The third-order valence-corrected chi connectivity index (χ3v) is 4.25. The van der Waals surface area contributed by atoms with Gasteiger partial charge in [-0.3, -0.25) is 14.4 Å². The molecule has 4 N–H and O–H groups in total. The molecule has 1 aromatic rings. The number of carbonyl (C=O) groups excluding carboxylic acids is 3. The van der Waals surface area contributed by atoms with E-state index in [1.54, 1.807) is 24.3 Å². The normalized spacial score (nSPS) is 17.7. The van der Waals surface area contributed by atoms with E-state index in [2.05, 4.69) is 22.5 Å². The Morgan fingerprint density at radius 1 is 1.20 bits per heavy atom. The Labute approximate surface area is 147 Å². The molecule has 0 aromatic heterocycles. The van der Waals surface area contributed by atoms with E-state index >= 15 is 0 Å². The fourth-order valence-corrected chi connectivity index (χ4v) is 2.99. The molecule has 1 atom stereocenters. The third-order valence-electron chi connectivity index (χ3n) is 4.25. The minimum atomic E-state index is -0.699.